The zero-order valence-corrected chi connectivity index (χ0v) is 22.3. The third kappa shape index (κ3) is 6.46. The summed E-state index contributed by atoms with van der Waals surface area (Å²) in [7, 11) is 1.50. The highest BCUT2D eigenvalue weighted by Gasteiger charge is 2.36. The first kappa shape index (κ1) is 26.6. The molecule has 190 valence electrons. The Hall–Kier alpha value is -3.45. The summed E-state index contributed by atoms with van der Waals surface area (Å²) >= 11 is 2.78. The average Bonchev–Trinajstić information content (AvgIpc) is 3.12. The lowest BCUT2D eigenvalue weighted by molar-refractivity contribution is -0.127. The third-order valence-corrected chi connectivity index (χ3v) is 6.86. The van der Waals surface area contributed by atoms with Crippen molar-refractivity contribution in [1.29, 1.82) is 0 Å². The number of halogens is 3. The van der Waals surface area contributed by atoms with Crippen LogP contribution in [-0.4, -0.2) is 35.6 Å². The molecule has 7 nitrogen and oxygen atoms in total. The molecular weight excluding hydrogens is 617 g/mol. The number of methoxy groups -OCH3 is 1. The maximum Gasteiger partial charge on any atom is 0.294 e. The van der Waals surface area contributed by atoms with Crippen molar-refractivity contribution in [3.8, 4) is 11.5 Å². The number of rotatable bonds is 8. The van der Waals surface area contributed by atoms with Crippen LogP contribution in [0, 0.1) is 15.2 Å². The number of anilines is 1. The van der Waals surface area contributed by atoms with E-state index in [1.54, 1.807) is 12.1 Å². The first-order valence-electron chi connectivity index (χ1n) is 10.8. The fraction of sp³-hybridized carbons (Fsp3) is 0.115. The highest BCUT2D eigenvalue weighted by atomic mass is 127. The summed E-state index contributed by atoms with van der Waals surface area (Å²) in [5.41, 5.74) is 1.33. The molecule has 11 heteroatoms. The molecule has 37 heavy (non-hydrogen) atoms. The van der Waals surface area contributed by atoms with Crippen LogP contribution >= 0.6 is 34.4 Å². The zero-order valence-electron chi connectivity index (χ0n) is 19.3. The van der Waals surface area contributed by atoms with E-state index in [4.69, 9.17) is 9.47 Å². The van der Waals surface area contributed by atoms with E-state index in [-0.39, 0.29) is 10.6 Å². The molecule has 1 aliphatic rings. The van der Waals surface area contributed by atoms with Gasteiger partial charge in [-0.05, 0) is 75.8 Å². The quantitative estimate of drug-likeness (QED) is 0.248. The van der Waals surface area contributed by atoms with Crippen LogP contribution in [0.4, 0.5) is 19.3 Å². The van der Waals surface area contributed by atoms with Crippen LogP contribution in [0.1, 0.15) is 11.1 Å². The fourth-order valence-electron chi connectivity index (χ4n) is 3.40. The molecule has 1 fully saturated rings. The van der Waals surface area contributed by atoms with Gasteiger partial charge < -0.3 is 14.8 Å². The molecule has 0 aliphatic carbocycles. The summed E-state index contributed by atoms with van der Waals surface area (Å²) in [5.74, 6) is -2.24. The van der Waals surface area contributed by atoms with Gasteiger partial charge in [0.05, 0.1) is 21.3 Å². The Kier molecular flexibility index (Phi) is 8.44. The summed E-state index contributed by atoms with van der Waals surface area (Å²) < 4.78 is 39.0. The lowest BCUT2D eigenvalue weighted by Crippen LogP contribution is -2.36. The summed E-state index contributed by atoms with van der Waals surface area (Å²) in [6.07, 6.45) is 1.52. The topological polar surface area (TPSA) is 84.9 Å². The smallest absolute Gasteiger partial charge is 0.294 e. The van der Waals surface area contributed by atoms with E-state index in [9.17, 15) is 23.2 Å². The van der Waals surface area contributed by atoms with Gasteiger partial charge in [-0.1, -0.05) is 30.3 Å². The van der Waals surface area contributed by atoms with Gasteiger partial charge in [0.15, 0.2) is 11.5 Å². The molecule has 1 N–H and O–H groups in total. The van der Waals surface area contributed by atoms with Crippen molar-refractivity contribution in [3.63, 3.8) is 0 Å². The molecule has 0 bridgehead atoms. The van der Waals surface area contributed by atoms with E-state index in [2.05, 4.69) is 27.9 Å². The molecular formula is C26H19F2IN2O5S. The first-order valence-corrected chi connectivity index (χ1v) is 12.7. The summed E-state index contributed by atoms with van der Waals surface area (Å²) in [6.45, 7) is -0.277. The van der Waals surface area contributed by atoms with Gasteiger partial charge in [-0.3, -0.25) is 19.3 Å². The van der Waals surface area contributed by atoms with Crippen molar-refractivity contribution in [3.05, 3.63) is 91.9 Å². The lowest BCUT2D eigenvalue weighted by atomic mass is 10.1. The van der Waals surface area contributed by atoms with Crippen LogP contribution in [0.5, 0.6) is 11.5 Å². The minimum atomic E-state index is -0.970. The fourth-order valence-corrected chi connectivity index (χ4v) is 5.02. The molecule has 3 amide bonds. The molecule has 0 aromatic heterocycles. The van der Waals surface area contributed by atoms with Gasteiger partial charge in [0.25, 0.3) is 11.1 Å². The zero-order chi connectivity index (χ0) is 26.5. The Morgan fingerprint density at radius 2 is 1.86 bits per heavy atom. The molecule has 1 heterocycles. The maximum atomic E-state index is 13.8. The maximum absolute atomic E-state index is 13.8. The second kappa shape index (κ2) is 11.7. The predicted octanol–water partition coefficient (Wildman–Crippen LogP) is 5.83. The molecule has 0 atom stereocenters. The van der Waals surface area contributed by atoms with E-state index in [1.807, 2.05) is 30.3 Å². The lowest BCUT2D eigenvalue weighted by Gasteiger charge is -2.14. The van der Waals surface area contributed by atoms with Crippen molar-refractivity contribution in [1.82, 2.24) is 4.90 Å². The number of nitrogens with zero attached hydrogens (tertiary/aromatic N) is 1. The number of carbonyl (C=O) groups is 3. The standard InChI is InChI=1S/C26H19F2IN2O5S/c1-35-21-10-16(9-19(29)24(21)36-14-15-5-3-2-4-6-15)11-22-25(33)31(26(34)37-22)13-23(32)30-20-8-7-17(27)12-18(20)28/h2-12H,13-14H2,1H3,(H,30,32)/b22-11+. The molecule has 0 radical (unpaired) electrons. The average molecular weight is 636 g/mol. The largest absolute Gasteiger partial charge is 0.493 e. The first-order chi connectivity index (χ1) is 17.7. The number of hydrogen-bond donors (Lipinski definition) is 1. The highest BCUT2D eigenvalue weighted by Crippen LogP contribution is 2.37. The number of ether oxygens (including phenoxy) is 2. The van der Waals surface area contributed by atoms with Crippen molar-refractivity contribution >= 4 is 63.2 Å². The SMILES string of the molecule is COc1cc(/C=C2/SC(=O)N(CC(=O)Nc3ccc(F)cc3F)C2=O)cc(I)c1OCc1ccccc1. The van der Waals surface area contributed by atoms with Crippen LogP contribution in [-0.2, 0) is 16.2 Å². The van der Waals surface area contributed by atoms with Crippen molar-refractivity contribution in [2.24, 2.45) is 0 Å². The minimum Gasteiger partial charge on any atom is -0.493 e. The van der Waals surface area contributed by atoms with E-state index < -0.39 is 35.2 Å². The van der Waals surface area contributed by atoms with Gasteiger partial charge in [-0.15, -0.1) is 0 Å². The van der Waals surface area contributed by atoms with E-state index >= 15 is 0 Å². The molecule has 3 aromatic carbocycles. The van der Waals surface area contributed by atoms with Crippen molar-refractivity contribution in [2.75, 3.05) is 19.0 Å². The Bertz CT molecular complexity index is 1400. The number of thioether (sulfide) groups is 1. The number of hydrogen-bond acceptors (Lipinski definition) is 6. The van der Waals surface area contributed by atoms with Crippen LogP contribution in [0.3, 0.4) is 0 Å². The van der Waals surface area contributed by atoms with Crippen LogP contribution in [0.2, 0.25) is 0 Å². The van der Waals surface area contributed by atoms with Crippen molar-refractivity contribution in [2.45, 2.75) is 6.61 Å². The Morgan fingerprint density at radius 1 is 1.11 bits per heavy atom. The minimum absolute atomic E-state index is 0.113. The summed E-state index contributed by atoms with van der Waals surface area (Å²) in [5, 5.41) is 1.59. The van der Waals surface area contributed by atoms with Crippen molar-refractivity contribution < 1.29 is 32.6 Å². The van der Waals surface area contributed by atoms with E-state index in [0.717, 1.165) is 26.2 Å². The predicted molar refractivity (Wildman–Crippen MR) is 144 cm³/mol. The van der Waals surface area contributed by atoms with E-state index in [0.29, 0.717) is 41.5 Å². The van der Waals surface area contributed by atoms with Crippen LogP contribution in [0.15, 0.2) is 65.6 Å². The van der Waals surface area contributed by atoms with Crippen LogP contribution in [0.25, 0.3) is 6.08 Å². The Labute approximate surface area is 229 Å². The van der Waals surface area contributed by atoms with Gasteiger partial charge in [0.1, 0.15) is 24.8 Å². The Morgan fingerprint density at radius 3 is 2.57 bits per heavy atom. The van der Waals surface area contributed by atoms with Gasteiger partial charge in [-0.25, -0.2) is 8.78 Å². The Balaban J connectivity index is 1.47. The van der Waals surface area contributed by atoms with Gasteiger partial charge in [0.2, 0.25) is 5.91 Å². The third-order valence-electron chi connectivity index (χ3n) is 5.16. The second-order valence-corrected chi connectivity index (χ2v) is 9.90. The molecule has 0 unspecified atom stereocenters. The van der Waals surface area contributed by atoms with E-state index in [1.165, 1.54) is 13.2 Å². The highest BCUT2D eigenvalue weighted by molar-refractivity contribution is 14.1. The molecule has 1 saturated heterocycles. The van der Waals surface area contributed by atoms with Gasteiger partial charge >= 0.3 is 0 Å². The van der Waals surface area contributed by atoms with Gasteiger partial charge in [0, 0.05) is 6.07 Å². The molecule has 0 spiro atoms. The molecule has 4 rings (SSSR count). The van der Waals surface area contributed by atoms with Gasteiger partial charge in [-0.2, -0.15) is 0 Å². The summed E-state index contributed by atoms with van der Waals surface area (Å²) in [4.78, 5) is 38.4. The monoisotopic (exact) mass is 636 g/mol. The number of benzene rings is 3. The number of nitrogens with one attached hydrogen (secondary N) is 1. The number of carbonyl (C=O) groups excluding carboxylic acids is 3. The normalized spacial score (nSPS) is 14.3. The molecule has 3 aromatic rings. The number of amides is 3. The van der Waals surface area contributed by atoms with Crippen LogP contribution < -0.4 is 14.8 Å². The molecule has 1 aliphatic heterocycles. The molecule has 0 saturated carbocycles. The number of imide groups is 1. The summed E-state index contributed by atoms with van der Waals surface area (Å²) in [6, 6.07) is 15.8. The second-order valence-electron chi connectivity index (χ2n) is 7.75.